The lowest BCUT2D eigenvalue weighted by atomic mass is 10.0. The molecule has 8 nitrogen and oxygen atoms in total. The van der Waals surface area contributed by atoms with Crippen molar-refractivity contribution in [2.24, 2.45) is 10.9 Å². The maximum absolute atomic E-state index is 12.6. The Kier molecular flexibility index (Phi) is 13.5. The van der Waals surface area contributed by atoms with E-state index >= 15 is 0 Å². The third-order valence-corrected chi connectivity index (χ3v) is 3.30. The summed E-state index contributed by atoms with van der Waals surface area (Å²) in [4.78, 5) is 23.9. The van der Waals surface area contributed by atoms with Gasteiger partial charge >= 0.3 is 6.18 Å². The third kappa shape index (κ3) is 13.3. The Morgan fingerprint density at radius 3 is 2.07 bits per heavy atom. The van der Waals surface area contributed by atoms with Gasteiger partial charge in [0.15, 0.2) is 0 Å². The Hall–Kier alpha value is -2.92. The van der Waals surface area contributed by atoms with E-state index in [2.05, 4.69) is 5.16 Å². The largest absolute Gasteiger partial charge is 0.545 e. The maximum atomic E-state index is 12.6. The molecule has 1 rings (SSSR count). The molecule has 0 atom stereocenters. The van der Waals surface area contributed by atoms with Gasteiger partial charge in [-0.3, -0.25) is 0 Å². The summed E-state index contributed by atoms with van der Waals surface area (Å²) in [6.07, 6.45) is -1.33. The number of benzene rings is 1. The van der Waals surface area contributed by atoms with Crippen molar-refractivity contribution in [2.75, 3.05) is 26.9 Å². The number of carbonyl (C=O) groups is 2. The van der Waals surface area contributed by atoms with Gasteiger partial charge in [-0.15, -0.1) is 0 Å². The van der Waals surface area contributed by atoms with Crippen molar-refractivity contribution in [1.82, 2.24) is 0 Å². The minimum Gasteiger partial charge on any atom is -0.545 e. The molecule has 2 N–H and O–H groups in total. The number of carboxylic acids is 2. The third-order valence-electron chi connectivity index (χ3n) is 3.30. The molecule has 0 spiro atoms. The number of carboxylic acid groups (broad SMARTS) is 2. The van der Waals surface area contributed by atoms with Crippen LogP contribution in [0.25, 0.3) is 0 Å². The van der Waals surface area contributed by atoms with E-state index in [9.17, 15) is 33.0 Å². The number of nitrogens with two attached hydrogens (primary N) is 1. The van der Waals surface area contributed by atoms with Crippen molar-refractivity contribution in [3.8, 4) is 0 Å². The number of methoxy groups -OCH3 is 1. The number of halogens is 3. The monoisotopic (exact) mass is 432 g/mol. The fraction of sp³-hybridized carbons (Fsp3) is 0.421. The summed E-state index contributed by atoms with van der Waals surface area (Å²) in [6.45, 7) is 1.22. The lowest BCUT2D eigenvalue weighted by molar-refractivity contribution is -0.301. The average Bonchev–Trinajstić information content (AvgIpc) is 2.68. The van der Waals surface area contributed by atoms with Crippen molar-refractivity contribution < 1.29 is 42.5 Å². The van der Waals surface area contributed by atoms with E-state index in [4.69, 9.17) is 15.3 Å². The fourth-order valence-electron chi connectivity index (χ4n) is 1.95. The van der Waals surface area contributed by atoms with E-state index < -0.39 is 23.7 Å². The quantitative estimate of drug-likeness (QED) is 0.229. The number of hydrogen-bond acceptors (Lipinski definition) is 8. The number of rotatable bonds is 11. The summed E-state index contributed by atoms with van der Waals surface area (Å²) in [6, 6.07) is 4.90. The molecule has 168 valence electrons. The van der Waals surface area contributed by atoms with E-state index in [0.717, 1.165) is 25.0 Å². The standard InChI is InChI=1S/C15H21F3N2O2.C4H4O4/c1-21-10-3-2-4-14(20-22-11-9-19)12-5-7-13(8-6-12)15(16,17)18;5-3(6)1-2-4(7)8/h5-8H,2-4,9-11,19H2,1H3;1-2H,(H,5,6)(H,7,8)/p-2/b20-14+;2-1-. The van der Waals surface area contributed by atoms with E-state index in [1.165, 1.54) is 12.1 Å². The molecule has 0 radical (unpaired) electrons. The molecule has 0 fully saturated rings. The second kappa shape index (κ2) is 15.0. The molecule has 0 bridgehead atoms. The number of carbonyl (C=O) groups excluding carboxylic acids is 2. The summed E-state index contributed by atoms with van der Waals surface area (Å²) in [5.41, 5.74) is 5.87. The van der Waals surface area contributed by atoms with E-state index in [1.54, 1.807) is 7.11 Å². The maximum Gasteiger partial charge on any atom is 0.416 e. The van der Waals surface area contributed by atoms with Gasteiger partial charge in [-0.1, -0.05) is 17.3 Å². The molecule has 11 heteroatoms. The van der Waals surface area contributed by atoms with Crippen LogP contribution in [0.1, 0.15) is 30.4 Å². The van der Waals surface area contributed by atoms with Crippen molar-refractivity contribution in [3.05, 3.63) is 47.5 Å². The van der Waals surface area contributed by atoms with Gasteiger partial charge in [0.05, 0.1) is 23.2 Å². The van der Waals surface area contributed by atoms with Gasteiger partial charge in [-0.05, 0) is 49.1 Å². The molecule has 1 aromatic rings. The summed E-state index contributed by atoms with van der Waals surface area (Å²) in [7, 11) is 1.62. The van der Waals surface area contributed by atoms with Gasteiger partial charge < -0.3 is 35.1 Å². The minimum absolute atomic E-state index is 0.266. The second-order valence-electron chi connectivity index (χ2n) is 5.66. The summed E-state index contributed by atoms with van der Waals surface area (Å²) in [5, 5.41) is 22.8. The molecule has 1 aromatic carbocycles. The number of oxime groups is 1. The zero-order valence-corrected chi connectivity index (χ0v) is 16.3. The molecular weight excluding hydrogens is 409 g/mol. The zero-order chi connectivity index (χ0) is 23.0. The van der Waals surface area contributed by atoms with E-state index in [1.807, 2.05) is 0 Å². The van der Waals surface area contributed by atoms with Crippen LogP contribution in [0.15, 0.2) is 41.6 Å². The number of aliphatic carboxylic acids is 2. The molecule has 0 unspecified atom stereocenters. The highest BCUT2D eigenvalue weighted by atomic mass is 19.4. The smallest absolute Gasteiger partial charge is 0.416 e. The number of alkyl halides is 3. The summed E-state index contributed by atoms with van der Waals surface area (Å²) in [5.74, 6) is -3.09. The zero-order valence-electron chi connectivity index (χ0n) is 16.3. The minimum atomic E-state index is -4.34. The first kappa shape index (κ1) is 27.1. The lowest BCUT2D eigenvalue weighted by Crippen LogP contribution is -2.23. The molecule has 0 saturated carbocycles. The summed E-state index contributed by atoms with van der Waals surface area (Å²) < 4.78 is 42.7. The van der Waals surface area contributed by atoms with Gasteiger partial charge in [-0.25, -0.2) is 0 Å². The Morgan fingerprint density at radius 2 is 1.63 bits per heavy atom. The Balaban J connectivity index is 0.000000890. The molecule has 0 aliphatic heterocycles. The van der Waals surface area contributed by atoms with Crippen LogP contribution in [0.5, 0.6) is 0 Å². The van der Waals surface area contributed by atoms with Gasteiger partial charge in [0.1, 0.15) is 6.61 Å². The van der Waals surface area contributed by atoms with Gasteiger partial charge in [-0.2, -0.15) is 13.2 Å². The number of ether oxygens (including phenoxy) is 1. The van der Waals surface area contributed by atoms with Crippen molar-refractivity contribution >= 4 is 17.7 Å². The van der Waals surface area contributed by atoms with E-state index in [-0.39, 0.29) is 6.61 Å². The molecular formula is C19H23F3N2O6-2. The van der Waals surface area contributed by atoms with Crippen LogP contribution in [0.4, 0.5) is 13.2 Å². The molecule has 0 saturated heterocycles. The van der Waals surface area contributed by atoms with Gasteiger partial charge in [0.2, 0.25) is 0 Å². The van der Waals surface area contributed by atoms with Crippen LogP contribution < -0.4 is 15.9 Å². The highest BCUT2D eigenvalue weighted by Gasteiger charge is 2.30. The normalized spacial score (nSPS) is 11.7. The van der Waals surface area contributed by atoms with Gasteiger partial charge in [0, 0.05) is 20.3 Å². The molecule has 0 aliphatic carbocycles. The topological polar surface area (TPSA) is 137 Å². The number of hydrogen-bond donors (Lipinski definition) is 1. The molecule has 0 heterocycles. The Morgan fingerprint density at radius 1 is 1.07 bits per heavy atom. The van der Waals surface area contributed by atoms with Crippen LogP contribution in [0, 0.1) is 0 Å². The SMILES string of the molecule is COCCCC/C(=N\OCCN)c1ccc(C(F)(F)F)cc1.O=C([O-])/C=C\C(=O)[O-]. The highest BCUT2D eigenvalue weighted by Crippen LogP contribution is 2.29. The van der Waals surface area contributed by atoms with Crippen molar-refractivity contribution in [1.29, 1.82) is 0 Å². The first-order chi connectivity index (χ1) is 14.1. The predicted molar refractivity (Wildman–Crippen MR) is 97.9 cm³/mol. The van der Waals surface area contributed by atoms with E-state index in [0.29, 0.717) is 43.0 Å². The lowest BCUT2D eigenvalue weighted by Gasteiger charge is -2.10. The van der Waals surface area contributed by atoms with Crippen molar-refractivity contribution in [3.63, 3.8) is 0 Å². The Labute approximate surface area is 171 Å². The first-order valence-corrected chi connectivity index (χ1v) is 8.77. The molecule has 30 heavy (non-hydrogen) atoms. The molecule has 0 aliphatic rings. The van der Waals surface area contributed by atoms with Crippen LogP contribution in [0.3, 0.4) is 0 Å². The van der Waals surface area contributed by atoms with Crippen LogP contribution in [-0.2, 0) is 25.3 Å². The van der Waals surface area contributed by atoms with Crippen LogP contribution in [0.2, 0.25) is 0 Å². The summed E-state index contributed by atoms with van der Waals surface area (Å²) >= 11 is 0. The number of nitrogens with zero attached hydrogens (tertiary/aromatic N) is 1. The second-order valence-corrected chi connectivity index (χ2v) is 5.66. The van der Waals surface area contributed by atoms with Crippen molar-refractivity contribution in [2.45, 2.75) is 25.4 Å². The highest BCUT2D eigenvalue weighted by molar-refractivity contribution is 6.00. The van der Waals surface area contributed by atoms with Crippen LogP contribution >= 0.6 is 0 Å². The number of unbranched alkanes of at least 4 members (excludes halogenated alkanes) is 1. The first-order valence-electron chi connectivity index (χ1n) is 8.77. The fourth-order valence-corrected chi connectivity index (χ4v) is 1.95. The Bertz CT molecular complexity index is 687. The average molecular weight is 432 g/mol. The van der Waals surface area contributed by atoms with Gasteiger partial charge in [0.25, 0.3) is 0 Å². The van der Waals surface area contributed by atoms with Crippen LogP contribution in [-0.4, -0.2) is 44.5 Å². The molecule has 0 amide bonds. The molecule has 0 aromatic heterocycles. The predicted octanol–water partition coefficient (Wildman–Crippen LogP) is 0.244.